The van der Waals surface area contributed by atoms with Crippen molar-refractivity contribution in [2.45, 2.75) is 19.3 Å². The van der Waals surface area contributed by atoms with Crippen LogP contribution in [0.5, 0.6) is 0 Å². The van der Waals surface area contributed by atoms with Crippen molar-refractivity contribution < 1.29 is 4.39 Å². The predicted molar refractivity (Wildman–Crippen MR) is 88.1 cm³/mol. The molecule has 1 atom stereocenters. The molecule has 0 saturated carbocycles. The highest BCUT2D eigenvalue weighted by atomic mass is 19.1. The normalized spacial score (nSPS) is 18.4. The summed E-state index contributed by atoms with van der Waals surface area (Å²) in [6.45, 7) is 2.08. The molecule has 3 heterocycles. The van der Waals surface area contributed by atoms with Gasteiger partial charge in [-0.25, -0.2) is 14.4 Å². The maximum atomic E-state index is 14.4. The molecule has 0 aliphatic carbocycles. The maximum absolute atomic E-state index is 14.4. The highest BCUT2D eigenvalue weighted by Crippen LogP contribution is 2.25. The molecular weight excluding hydrogens is 291 g/mol. The van der Waals surface area contributed by atoms with Crippen molar-refractivity contribution in [3.8, 4) is 5.69 Å². The van der Waals surface area contributed by atoms with E-state index in [0.29, 0.717) is 11.6 Å². The Kier molecular flexibility index (Phi) is 3.79. The number of nitrogens with one attached hydrogen (secondary N) is 1. The third-order valence-electron chi connectivity index (χ3n) is 4.45. The van der Waals surface area contributed by atoms with Crippen molar-refractivity contribution in [2.75, 3.05) is 13.1 Å². The standard InChI is InChI=1S/C18H19FN4/c19-14-6-1-2-8-16(14)23-17(11-13-5-3-9-20-12-13)22-15-7-4-10-21-18(15)23/h1-2,4,6-8,10,13,20H,3,5,9,11-12H2. The average Bonchev–Trinajstić information content (AvgIpc) is 2.94. The van der Waals surface area contributed by atoms with Gasteiger partial charge >= 0.3 is 0 Å². The van der Waals surface area contributed by atoms with Crippen molar-refractivity contribution in [3.63, 3.8) is 0 Å². The molecule has 2 aromatic heterocycles. The molecule has 23 heavy (non-hydrogen) atoms. The summed E-state index contributed by atoms with van der Waals surface area (Å²) in [6, 6.07) is 10.6. The number of nitrogens with zero attached hydrogens (tertiary/aromatic N) is 3. The van der Waals surface area contributed by atoms with E-state index < -0.39 is 0 Å². The van der Waals surface area contributed by atoms with Crippen molar-refractivity contribution in [1.82, 2.24) is 19.9 Å². The molecule has 1 aliphatic heterocycles. The van der Waals surface area contributed by atoms with Crippen LogP contribution < -0.4 is 5.32 Å². The van der Waals surface area contributed by atoms with Crippen molar-refractivity contribution in [2.24, 2.45) is 5.92 Å². The first-order valence-corrected chi connectivity index (χ1v) is 8.11. The molecule has 3 aromatic rings. The molecule has 0 spiro atoms. The molecule has 0 bridgehead atoms. The molecule has 1 unspecified atom stereocenters. The Hall–Kier alpha value is -2.27. The van der Waals surface area contributed by atoms with E-state index in [0.717, 1.165) is 36.5 Å². The summed E-state index contributed by atoms with van der Waals surface area (Å²) in [5, 5.41) is 3.43. The van der Waals surface area contributed by atoms with Gasteiger partial charge in [0.1, 0.15) is 17.2 Å². The van der Waals surface area contributed by atoms with E-state index in [1.54, 1.807) is 18.3 Å². The fourth-order valence-electron chi connectivity index (χ4n) is 3.34. The Bertz CT molecular complexity index is 821. The van der Waals surface area contributed by atoms with Crippen molar-refractivity contribution >= 4 is 11.2 Å². The van der Waals surface area contributed by atoms with Gasteiger partial charge in [0.15, 0.2) is 5.65 Å². The van der Waals surface area contributed by atoms with Gasteiger partial charge in [-0.05, 0) is 56.1 Å². The van der Waals surface area contributed by atoms with E-state index in [4.69, 9.17) is 4.98 Å². The van der Waals surface area contributed by atoms with Gasteiger partial charge in [0.25, 0.3) is 0 Å². The molecule has 5 heteroatoms. The molecule has 4 nitrogen and oxygen atoms in total. The average molecular weight is 310 g/mol. The number of hydrogen-bond donors (Lipinski definition) is 1. The lowest BCUT2D eigenvalue weighted by molar-refractivity contribution is 0.369. The van der Waals surface area contributed by atoms with Crippen LogP contribution in [-0.2, 0) is 6.42 Å². The summed E-state index contributed by atoms with van der Waals surface area (Å²) in [7, 11) is 0. The fraction of sp³-hybridized carbons (Fsp3) is 0.333. The van der Waals surface area contributed by atoms with E-state index in [1.807, 2.05) is 22.8 Å². The Morgan fingerprint density at radius 2 is 2.13 bits per heavy atom. The van der Waals surface area contributed by atoms with Gasteiger partial charge in [-0.1, -0.05) is 12.1 Å². The summed E-state index contributed by atoms with van der Waals surface area (Å²) in [5.74, 6) is 1.17. The largest absolute Gasteiger partial charge is 0.316 e. The van der Waals surface area contributed by atoms with E-state index in [9.17, 15) is 4.39 Å². The Morgan fingerprint density at radius 1 is 1.22 bits per heavy atom. The van der Waals surface area contributed by atoms with Crippen LogP contribution in [0.3, 0.4) is 0 Å². The molecule has 0 radical (unpaired) electrons. The number of benzene rings is 1. The highest BCUT2D eigenvalue weighted by Gasteiger charge is 2.20. The van der Waals surface area contributed by atoms with Crippen molar-refractivity contribution in [3.05, 3.63) is 54.2 Å². The van der Waals surface area contributed by atoms with Gasteiger partial charge in [0.05, 0.1) is 5.69 Å². The minimum atomic E-state index is -0.250. The van der Waals surface area contributed by atoms with Crippen LogP contribution in [0.4, 0.5) is 4.39 Å². The van der Waals surface area contributed by atoms with E-state index >= 15 is 0 Å². The lowest BCUT2D eigenvalue weighted by atomic mass is 9.96. The third kappa shape index (κ3) is 2.72. The molecule has 4 rings (SSSR count). The predicted octanol–water partition coefficient (Wildman–Crippen LogP) is 3.10. The molecule has 1 aliphatic rings. The number of rotatable bonds is 3. The molecule has 118 valence electrons. The summed E-state index contributed by atoms with van der Waals surface area (Å²) in [4.78, 5) is 9.16. The number of hydrogen-bond acceptors (Lipinski definition) is 3. The van der Waals surface area contributed by atoms with Gasteiger partial charge in [-0.15, -0.1) is 0 Å². The van der Waals surface area contributed by atoms with Gasteiger partial charge in [-0.3, -0.25) is 4.57 Å². The maximum Gasteiger partial charge on any atom is 0.164 e. The van der Waals surface area contributed by atoms with E-state index in [2.05, 4.69) is 10.3 Å². The second kappa shape index (κ2) is 6.08. The van der Waals surface area contributed by atoms with Gasteiger partial charge in [-0.2, -0.15) is 0 Å². The van der Waals surface area contributed by atoms with Crippen LogP contribution in [0.1, 0.15) is 18.7 Å². The monoisotopic (exact) mass is 310 g/mol. The van der Waals surface area contributed by atoms with Crippen LogP contribution in [0, 0.1) is 11.7 Å². The summed E-state index contributed by atoms with van der Waals surface area (Å²) in [5.41, 5.74) is 2.05. The summed E-state index contributed by atoms with van der Waals surface area (Å²) < 4.78 is 16.2. The zero-order chi connectivity index (χ0) is 15.6. The van der Waals surface area contributed by atoms with Gasteiger partial charge < -0.3 is 5.32 Å². The zero-order valence-electron chi connectivity index (χ0n) is 12.9. The fourth-order valence-corrected chi connectivity index (χ4v) is 3.34. The lowest BCUT2D eigenvalue weighted by Gasteiger charge is -2.22. The Morgan fingerprint density at radius 3 is 2.96 bits per heavy atom. The minimum Gasteiger partial charge on any atom is -0.316 e. The SMILES string of the molecule is Fc1ccccc1-n1c(CC2CCCNC2)nc2cccnc21. The summed E-state index contributed by atoms with van der Waals surface area (Å²) in [6.07, 6.45) is 4.93. The zero-order valence-corrected chi connectivity index (χ0v) is 12.9. The Labute approximate surface area is 134 Å². The molecular formula is C18H19FN4. The second-order valence-corrected chi connectivity index (χ2v) is 6.08. The minimum absolute atomic E-state index is 0.250. The highest BCUT2D eigenvalue weighted by molar-refractivity contribution is 5.73. The quantitative estimate of drug-likeness (QED) is 0.808. The van der Waals surface area contributed by atoms with Crippen LogP contribution >= 0.6 is 0 Å². The number of para-hydroxylation sites is 1. The number of aromatic nitrogens is 3. The smallest absolute Gasteiger partial charge is 0.164 e. The first-order valence-electron chi connectivity index (χ1n) is 8.11. The third-order valence-corrected chi connectivity index (χ3v) is 4.45. The molecule has 1 saturated heterocycles. The van der Waals surface area contributed by atoms with Crippen LogP contribution in [0.15, 0.2) is 42.6 Å². The molecule has 1 fully saturated rings. The number of piperidine rings is 1. The number of imidazole rings is 1. The Balaban J connectivity index is 1.83. The van der Waals surface area contributed by atoms with Crippen LogP contribution in [0.25, 0.3) is 16.9 Å². The van der Waals surface area contributed by atoms with Gasteiger partial charge in [0.2, 0.25) is 0 Å². The molecule has 0 amide bonds. The lowest BCUT2D eigenvalue weighted by Crippen LogP contribution is -2.31. The number of halogens is 1. The van der Waals surface area contributed by atoms with Gasteiger partial charge in [0, 0.05) is 12.6 Å². The van der Waals surface area contributed by atoms with Crippen LogP contribution in [0.2, 0.25) is 0 Å². The van der Waals surface area contributed by atoms with Crippen LogP contribution in [-0.4, -0.2) is 27.6 Å². The first-order chi connectivity index (χ1) is 11.3. The molecule has 1 aromatic carbocycles. The first kappa shape index (κ1) is 14.3. The second-order valence-electron chi connectivity index (χ2n) is 6.08. The number of fused-ring (bicyclic) bond motifs is 1. The summed E-state index contributed by atoms with van der Waals surface area (Å²) >= 11 is 0. The van der Waals surface area contributed by atoms with Crippen molar-refractivity contribution in [1.29, 1.82) is 0 Å². The molecule has 1 N–H and O–H groups in total. The topological polar surface area (TPSA) is 42.7 Å². The van der Waals surface area contributed by atoms with E-state index in [-0.39, 0.29) is 5.82 Å². The van der Waals surface area contributed by atoms with E-state index in [1.165, 1.54) is 18.9 Å². The number of pyridine rings is 1.